The second kappa shape index (κ2) is 4.93. The second-order valence-corrected chi connectivity index (χ2v) is 4.80. The third-order valence-corrected chi connectivity index (χ3v) is 3.30. The predicted octanol–water partition coefficient (Wildman–Crippen LogP) is 1.57. The summed E-state index contributed by atoms with van der Waals surface area (Å²) in [6.07, 6.45) is 0. The lowest BCUT2D eigenvalue weighted by Crippen LogP contribution is -2.54. The van der Waals surface area contributed by atoms with Crippen molar-refractivity contribution in [2.75, 3.05) is 13.1 Å². The molecule has 1 saturated heterocycles. The molecular formula is C13H21N3. The van der Waals surface area contributed by atoms with Gasteiger partial charge in [0, 0.05) is 37.4 Å². The number of pyridine rings is 1. The molecule has 0 aliphatic carbocycles. The Morgan fingerprint density at radius 1 is 1.31 bits per heavy atom. The SMILES string of the molecule is Cc1cccc(CN2C(C)CNCC2C)n1. The Morgan fingerprint density at radius 3 is 2.62 bits per heavy atom. The zero-order valence-corrected chi connectivity index (χ0v) is 10.4. The lowest BCUT2D eigenvalue weighted by Gasteiger charge is -2.39. The highest BCUT2D eigenvalue weighted by Crippen LogP contribution is 2.13. The topological polar surface area (TPSA) is 28.2 Å². The van der Waals surface area contributed by atoms with Crippen LogP contribution >= 0.6 is 0 Å². The van der Waals surface area contributed by atoms with Crippen molar-refractivity contribution in [1.82, 2.24) is 15.2 Å². The summed E-state index contributed by atoms with van der Waals surface area (Å²) in [6, 6.07) is 7.44. The highest BCUT2D eigenvalue weighted by atomic mass is 15.2. The lowest BCUT2D eigenvalue weighted by molar-refractivity contribution is 0.107. The summed E-state index contributed by atoms with van der Waals surface area (Å²) in [7, 11) is 0. The molecule has 1 aromatic heterocycles. The van der Waals surface area contributed by atoms with Crippen molar-refractivity contribution in [2.45, 2.75) is 39.4 Å². The Kier molecular flexibility index (Phi) is 3.56. The Bertz CT molecular complexity index is 341. The van der Waals surface area contributed by atoms with Gasteiger partial charge in [-0.15, -0.1) is 0 Å². The van der Waals surface area contributed by atoms with Gasteiger partial charge in [0.2, 0.25) is 0 Å². The molecule has 2 atom stereocenters. The van der Waals surface area contributed by atoms with Crippen molar-refractivity contribution in [3.8, 4) is 0 Å². The lowest BCUT2D eigenvalue weighted by atomic mass is 10.1. The van der Waals surface area contributed by atoms with E-state index in [9.17, 15) is 0 Å². The smallest absolute Gasteiger partial charge is 0.0547 e. The van der Waals surface area contributed by atoms with Gasteiger partial charge in [0.15, 0.2) is 0 Å². The highest BCUT2D eigenvalue weighted by molar-refractivity contribution is 5.10. The molecule has 1 N–H and O–H groups in total. The van der Waals surface area contributed by atoms with Gasteiger partial charge in [-0.05, 0) is 32.9 Å². The van der Waals surface area contributed by atoms with Crippen molar-refractivity contribution >= 4 is 0 Å². The number of aromatic nitrogens is 1. The molecule has 3 nitrogen and oxygen atoms in total. The van der Waals surface area contributed by atoms with Crippen LogP contribution in [0.5, 0.6) is 0 Å². The van der Waals surface area contributed by atoms with Gasteiger partial charge in [-0.2, -0.15) is 0 Å². The van der Waals surface area contributed by atoms with Crippen molar-refractivity contribution in [1.29, 1.82) is 0 Å². The number of nitrogens with zero attached hydrogens (tertiary/aromatic N) is 2. The van der Waals surface area contributed by atoms with Gasteiger partial charge in [-0.3, -0.25) is 9.88 Å². The first-order valence-corrected chi connectivity index (χ1v) is 6.06. The van der Waals surface area contributed by atoms with Gasteiger partial charge in [0.1, 0.15) is 0 Å². The van der Waals surface area contributed by atoms with E-state index in [-0.39, 0.29) is 0 Å². The molecule has 0 bridgehead atoms. The van der Waals surface area contributed by atoms with Crippen LogP contribution in [-0.2, 0) is 6.54 Å². The first-order valence-electron chi connectivity index (χ1n) is 6.06. The average Bonchev–Trinajstić information content (AvgIpc) is 2.24. The summed E-state index contributed by atoms with van der Waals surface area (Å²) in [5.41, 5.74) is 2.29. The fourth-order valence-corrected chi connectivity index (χ4v) is 2.36. The molecule has 2 rings (SSSR count). The third kappa shape index (κ3) is 2.60. The quantitative estimate of drug-likeness (QED) is 0.818. The van der Waals surface area contributed by atoms with E-state index in [4.69, 9.17) is 0 Å². The number of aryl methyl sites for hydroxylation is 1. The van der Waals surface area contributed by atoms with E-state index < -0.39 is 0 Å². The van der Waals surface area contributed by atoms with Crippen LogP contribution in [0.2, 0.25) is 0 Å². The molecule has 2 heterocycles. The summed E-state index contributed by atoms with van der Waals surface area (Å²) in [6.45, 7) is 9.73. The van der Waals surface area contributed by atoms with Crippen LogP contribution in [0.25, 0.3) is 0 Å². The number of piperazine rings is 1. The van der Waals surface area contributed by atoms with Crippen LogP contribution in [0.3, 0.4) is 0 Å². The Hall–Kier alpha value is -0.930. The van der Waals surface area contributed by atoms with E-state index in [1.807, 2.05) is 13.0 Å². The molecule has 0 aromatic carbocycles. The molecule has 0 amide bonds. The van der Waals surface area contributed by atoms with Crippen LogP contribution in [0.1, 0.15) is 25.2 Å². The van der Waals surface area contributed by atoms with Crippen LogP contribution in [0, 0.1) is 6.92 Å². The minimum absolute atomic E-state index is 0.589. The molecule has 16 heavy (non-hydrogen) atoms. The number of hydrogen-bond donors (Lipinski definition) is 1. The number of nitrogens with one attached hydrogen (secondary N) is 1. The normalized spacial score (nSPS) is 26.9. The van der Waals surface area contributed by atoms with E-state index in [2.05, 4.69) is 41.2 Å². The largest absolute Gasteiger partial charge is 0.314 e. The van der Waals surface area contributed by atoms with Crippen molar-refractivity contribution in [3.63, 3.8) is 0 Å². The predicted molar refractivity (Wildman–Crippen MR) is 66.3 cm³/mol. The molecule has 88 valence electrons. The molecule has 3 heteroatoms. The van der Waals surface area contributed by atoms with Crippen molar-refractivity contribution in [2.24, 2.45) is 0 Å². The van der Waals surface area contributed by atoms with Crippen LogP contribution < -0.4 is 5.32 Å². The first kappa shape index (κ1) is 11.6. The maximum absolute atomic E-state index is 4.57. The van der Waals surface area contributed by atoms with Crippen LogP contribution in [0.4, 0.5) is 0 Å². The Balaban J connectivity index is 2.07. The zero-order chi connectivity index (χ0) is 11.5. The van der Waals surface area contributed by atoms with Gasteiger partial charge in [-0.25, -0.2) is 0 Å². The van der Waals surface area contributed by atoms with E-state index >= 15 is 0 Å². The fourth-order valence-electron chi connectivity index (χ4n) is 2.36. The van der Waals surface area contributed by atoms with Gasteiger partial charge in [0.05, 0.1) is 5.69 Å². The molecule has 1 aliphatic heterocycles. The molecule has 1 aromatic rings. The number of hydrogen-bond acceptors (Lipinski definition) is 3. The second-order valence-electron chi connectivity index (χ2n) is 4.80. The minimum Gasteiger partial charge on any atom is -0.314 e. The van der Waals surface area contributed by atoms with Gasteiger partial charge in [0.25, 0.3) is 0 Å². The van der Waals surface area contributed by atoms with Gasteiger partial charge in [-0.1, -0.05) is 6.07 Å². The Labute approximate surface area is 97.9 Å². The maximum atomic E-state index is 4.57. The van der Waals surface area contributed by atoms with E-state index in [0.717, 1.165) is 25.3 Å². The van der Waals surface area contributed by atoms with E-state index in [0.29, 0.717) is 12.1 Å². The van der Waals surface area contributed by atoms with Crippen LogP contribution in [0.15, 0.2) is 18.2 Å². The van der Waals surface area contributed by atoms with Crippen molar-refractivity contribution in [3.05, 3.63) is 29.6 Å². The highest BCUT2D eigenvalue weighted by Gasteiger charge is 2.24. The molecule has 1 aliphatic rings. The molecule has 0 spiro atoms. The standard InChI is InChI=1S/C13H21N3/c1-10-5-4-6-13(15-10)9-16-11(2)7-14-8-12(16)3/h4-6,11-12,14H,7-9H2,1-3H3. The molecular weight excluding hydrogens is 198 g/mol. The molecule has 0 radical (unpaired) electrons. The minimum atomic E-state index is 0.589. The van der Waals surface area contributed by atoms with E-state index in [1.165, 1.54) is 5.69 Å². The number of rotatable bonds is 2. The first-order chi connectivity index (χ1) is 7.66. The maximum Gasteiger partial charge on any atom is 0.0547 e. The molecule has 0 saturated carbocycles. The van der Waals surface area contributed by atoms with Gasteiger partial charge < -0.3 is 5.32 Å². The Morgan fingerprint density at radius 2 is 2.00 bits per heavy atom. The zero-order valence-electron chi connectivity index (χ0n) is 10.4. The summed E-state index contributed by atoms with van der Waals surface area (Å²) < 4.78 is 0. The molecule has 1 fully saturated rings. The van der Waals surface area contributed by atoms with Crippen LogP contribution in [-0.4, -0.2) is 35.1 Å². The monoisotopic (exact) mass is 219 g/mol. The van der Waals surface area contributed by atoms with Gasteiger partial charge >= 0.3 is 0 Å². The fraction of sp³-hybridized carbons (Fsp3) is 0.615. The third-order valence-electron chi connectivity index (χ3n) is 3.30. The summed E-state index contributed by atoms with van der Waals surface area (Å²) in [4.78, 5) is 7.10. The molecule has 2 unspecified atom stereocenters. The average molecular weight is 219 g/mol. The summed E-state index contributed by atoms with van der Waals surface area (Å²) in [5.74, 6) is 0. The van der Waals surface area contributed by atoms with E-state index in [1.54, 1.807) is 0 Å². The summed E-state index contributed by atoms with van der Waals surface area (Å²) >= 11 is 0. The van der Waals surface area contributed by atoms with Crippen molar-refractivity contribution < 1.29 is 0 Å². The summed E-state index contributed by atoms with van der Waals surface area (Å²) in [5, 5.41) is 3.45.